The van der Waals surface area contributed by atoms with E-state index in [-0.39, 0.29) is 12.4 Å². The molecular formula is C20H27ClO2S. The number of allylic oxidation sites excluding steroid dienone is 2. The molecule has 0 aromatic heterocycles. The summed E-state index contributed by atoms with van der Waals surface area (Å²) in [6.45, 7) is 15.8. The lowest BCUT2D eigenvalue weighted by Crippen LogP contribution is -2.06. The summed E-state index contributed by atoms with van der Waals surface area (Å²) in [5.74, 6) is 1.03. The number of aliphatic hydroxyl groups excluding tert-OH is 2. The molecule has 0 bridgehead atoms. The fourth-order valence-electron chi connectivity index (χ4n) is 2.76. The van der Waals surface area contributed by atoms with Crippen molar-refractivity contribution in [3.8, 4) is 0 Å². The highest BCUT2D eigenvalue weighted by molar-refractivity contribution is 8.03. The van der Waals surface area contributed by atoms with Gasteiger partial charge in [0.25, 0.3) is 0 Å². The monoisotopic (exact) mass is 366 g/mol. The Morgan fingerprint density at radius 3 is 2.29 bits per heavy atom. The number of benzene rings is 1. The predicted molar refractivity (Wildman–Crippen MR) is 108 cm³/mol. The number of halogens is 1. The van der Waals surface area contributed by atoms with Crippen molar-refractivity contribution < 1.29 is 10.2 Å². The normalized spacial score (nSPS) is 11.7. The highest BCUT2D eigenvalue weighted by Gasteiger charge is 2.20. The average Bonchev–Trinajstić information content (AvgIpc) is 2.56. The third kappa shape index (κ3) is 4.47. The molecule has 0 heterocycles. The van der Waals surface area contributed by atoms with Gasteiger partial charge in [0.05, 0.1) is 6.61 Å². The quantitative estimate of drug-likeness (QED) is 0.430. The van der Waals surface area contributed by atoms with E-state index in [1.54, 1.807) is 17.8 Å². The van der Waals surface area contributed by atoms with Crippen LogP contribution < -0.4 is 0 Å². The van der Waals surface area contributed by atoms with Crippen LogP contribution in [-0.4, -0.2) is 16.0 Å². The summed E-state index contributed by atoms with van der Waals surface area (Å²) in [5, 5.41) is 21.2. The fourth-order valence-corrected chi connectivity index (χ4v) is 3.67. The lowest BCUT2D eigenvalue weighted by atomic mass is 9.90. The molecule has 0 aliphatic heterocycles. The van der Waals surface area contributed by atoms with Crippen LogP contribution in [0.25, 0.3) is 5.76 Å². The highest BCUT2D eigenvalue weighted by Crippen LogP contribution is 2.36. The molecule has 1 rings (SSSR count). The number of aliphatic hydroxyl groups is 2. The Labute approximate surface area is 154 Å². The zero-order valence-corrected chi connectivity index (χ0v) is 16.6. The second kappa shape index (κ2) is 9.36. The Balaban J connectivity index is 3.39. The van der Waals surface area contributed by atoms with Crippen LogP contribution in [-0.2, 0) is 13.0 Å². The third-order valence-electron chi connectivity index (χ3n) is 4.07. The van der Waals surface area contributed by atoms with Gasteiger partial charge in [0.2, 0.25) is 0 Å². The minimum atomic E-state index is -0.146. The van der Waals surface area contributed by atoms with Crippen molar-refractivity contribution in [3.63, 3.8) is 0 Å². The van der Waals surface area contributed by atoms with Crippen LogP contribution in [0.2, 0.25) is 5.02 Å². The highest BCUT2D eigenvalue weighted by atomic mass is 35.5. The molecule has 132 valence electrons. The standard InChI is InChI=1S/C20H27ClO2S/c1-7-9-24-15(6)12(3)10-18(23)19-14(5)20(21)13(4)16(8-2)17(19)11-22/h10,22-23H,3,6-9,11H2,1-2,4-5H3/b18-10+. The Hall–Kier alpha value is -1.16. The van der Waals surface area contributed by atoms with Crippen molar-refractivity contribution >= 4 is 29.1 Å². The van der Waals surface area contributed by atoms with Crippen LogP contribution in [0.5, 0.6) is 0 Å². The topological polar surface area (TPSA) is 40.5 Å². The first-order valence-electron chi connectivity index (χ1n) is 8.13. The van der Waals surface area contributed by atoms with E-state index in [1.165, 1.54) is 0 Å². The maximum absolute atomic E-state index is 10.7. The third-order valence-corrected chi connectivity index (χ3v) is 5.86. The first-order chi connectivity index (χ1) is 11.3. The maximum atomic E-state index is 10.7. The van der Waals surface area contributed by atoms with Gasteiger partial charge >= 0.3 is 0 Å². The lowest BCUT2D eigenvalue weighted by Gasteiger charge is -2.20. The average molecular weight is 367 g/mol. The van der Waals surface area contributed by atoms with E-state index < -0.39 is 0 Å². The Morgan fingerprint density at radius 2 is 1.79 bits per heavy atom. The van der Waals surface area contributed by atoms with Crippen LogP contribution in [0, 0.1) is 13.8 Å². The van der Waals surface area contributed by atoms with Gasteiger partial charge in [0, 0.05) is 15.5 Å². The van der Waals surface area contributed by atoms with Gasteiger partial charge in [-0.05, 0) is 66.3 Å². The zero-order valence-electron chi connectivity index (χ0n) is 15.0. The summed E-state index contributed by atoms with van der Waals surface area (Å²) >= 11 is 8.07. The largest absolute Gasteiger partial charge is 0.507 e. The van der Waals surface area contributed by atoms with Crippen LogP contribution in [0.3, 0.4) is 0 Å². The predicted octanol–water partition coefficient (Wildman–Crippen LogP) is 6.12. The van der Waals surface area contributed by atoms with Crippen molar-refractivity contribution in [2.75, 3.05) is 5.75 Å². The van der Waals surface area contributed by atoms with Gasteiger partial charge in [0.15, 0.2) is 0 Å². The second-order valence-corrected chi connectivity index (χ2v) is 7.30. The molecule has 0 aliphatic rings. The number of thioether (sulfide) groups is 1. The minimum Gasteiger partial charge on any atom is -0.507 e. The first kappa shape index (κ1) is 20.9. The molecule has 0 fully saturated rings. The maximum Gasteiger partial charge on any atom is 0.124 e. The molecule has 4 heteroatoms. The molecule has 1 aromatic rings. The summed E-state index contributed by atoms with van der Waals surface area (Å²) in [4.78, 5) is 0.834. The van der Waals surface area contributed by atoms with E-state index >= 15 is 0 Å². The lowest BCUT2D eigenvalue weighted by molar-refractivity contribution is 0.279. The zero-order chi connectivity index (χ0) is 18.4. The molecule has 0 saturated carbocycles. The van der Waals surface area contributed by atoms with Gasteiger partial charge in [-0.3, -0.25) is 0 Å². The van der Waals surface area contributed by atoms with Gasteiger partial charge in [-0.25, -0.2) is 0 Å². The second-order valence-electron chi connectivity index (χ2n) is 5.73. The van der Waals surface area contributed by atoms with Crippen molar-refractivity contribution in [3.05, 3.63) is 62.6 Å². The van der Waals surface area contributed by atoms with Crippen molar-refractivity contribution in [2.45, 2.75) is 47.1 Å². The molecule has 2 N–H and O–H groups in total. The molecule has 0 atom stereocenters. The molecule has 2 nitrogen and oxygen atoms in total. The molecule has 0 saturated heterocycles. The summed E-state index contributed by atoms with van der Waals surface area (Å²) in [5.41, 5.74) is 4.70. The van der Waals surface area contributed by atoms with Gasteiger partial charge in [-0.2, -0.15) is 0 Å². The van der Waals surface area contributed by atoms with Crippen molar-refractivity contribution in [2.24, 2.45) is 0 Å². The summed E-state index contributed by atoms with van der Waals surface area (Å²) in [7, 11) is 0. The van der Waals surface area contributed by atoms with E-state index in [0.29, 0.717) is 16.2 Å². The number of hydrogen-bond donors (Lipinski definition) is 2. The molecule has 24 heavy (non-hydrogen) atoms. The van der Waals surface area contributed by atoms with E-state index in [1.807, 2.05) is 20.8 Å². The molecule has 0 spiro atoms. The van der Waals surface area contributed by atoms with Crippen molar-refractivity contribution in [1.29, 1.82) is 0 Å². The van der Waals surface area contributed by atoms with Crippen LogP contribution >= 0.6 is 23.4 Å². The molecule has 1 aromatic carbocycles. The Morgan fingerprint density at radius 1 is 1.17 bits per heavy atom. The van der Waals surface area contributed by atoms with Gasteiger partial charge in [-0.1, -0.05) is 38.6 Å². The minimum absolute atomic E-state index is 0.0661. The Bertz CT molecular complexity index is 675. The van der Waals surface area contributed by atoms with Gasteiger partial charge in [-0.15, -0.1) is 11.8 Å². The molecular weight excluding hydrogens is 340 g/mol. The van der Waals surface area contributed by atoms with E-state index in [2.05, 4.69) is 20.1 Å². The van der Waals surface area contributed by atoms with Crippen LogP contribution in [0.1, 0.15) is 48.1 Å². The SMILES string of the molecule is C=C(/C=C(/O)c1c(C)c(Cl)c(C)c(CC)c1CO)C(=C)SCCC. The molecule has 0 radical (unpaired) electrons. The molecule has 0 aliphatic carbocycles. The fraction of sp³-hybridized carbons (Fsp3) is 0.400. The Kier molecular flexibility index (Phi) is 8.14. The van der Waals surface area contributed by atoms with Crippen molar-refractivity contribution in [1.82, 2.24) is 0 Å². The molecule has 0 amide bonds. The summed E-state index contributed by atoms with van der Waals surface area (Å²) in [6, 6.07) is 0. The van der Waals surface area contributed by atoms with E-state index in [0.717, 1.165) is 45.8 Å². The van der Waals surface area contributed by atoms with Gasteiger partial charge in [0.1, 0.15) is 5.76 Å². The van der Waals surface area contributed by atoms with Gasteiger partial charge < -0.3 is 10.2 Å². The van der Waals surface area contributed by atoms with E-state index in [9.17, 15) is 10.2 Å². The molecule has 0 unspecified atom stereocenters. The summed E-state index contributed by atoms with van der Waals surface area (Å²) in [6.07, 6.45) is 3.40. The smallest absolute Gasteiger partial charge is 0.124 e. The van der Waals surface area contributed by atoms with Crippen LogP contribution in [0.4, 0.5) is 0 Å². The van der Waals surface area contributed by atoms with Crippen LogP contribution in [0.15, 0.2) is 29.7 Å². The number of rotatable bonds is 8. The first-order valence-corrected chi connectivity index (χ1v) is 9.49. The summed E-state index contributed by atoms with van der Waals surface area (Å²) < 4.78 is 0. The number of hydrogen-bond acceptors (Lipinski definition) is 3. The van der Waals surface area contributed by atoms with E-state index in [4.69, 9.17) is 11.6 Å².